The Morgan fingerprint density at radius 3 is 3.28 bits per heavy atom. The van der Waals surface area contributed by atoms with Crippen molar-refractivity contribution in [3.05, 3.63) is 23.7 Å². The number of anilines is 1. The van der Waals surface area contributed by atoms with Crippen molar-refractivity contribution in [1.29, 1.82) is 0 Å². The second-order valence-electron chi connectivity index (χ2n) is 4.66. The molecule has 1 fully saturated rings. The number of aromatic nitrogens is 1. The van der Waals surface area contributed by atoms with Gasteiger partial charge in [-0.3, -0.25) is 0 Å². The third kappa shape index (κ3) is 1.98. The first-order valence-electron chi connectivity index (χ1n) is 6.20. The molecular formula is C13H17N3OS. The Morgan fingerprint density at radius 1 is 1.56 bits per heavy atom. The number of thiophene rings is 1. The molecular weight excluding hydrogens is 246 g/mol. The van der Waals surface area contributed by atoms with Gasteiger partial charge in [0.15, 0.2) is 0 Å². The van der Waals surface area contributed by atoms with E-state index in [0.29, 0.717) is 19.2 Å². The largest absolute Gasteiger partial charge is 0.373 e. The molecule has 2 unspecified atom stereocenters. The third-order valence-electron chi connectivity index (χ3n) is 3.40. The number of nitrogens with zero attached hydrogens (tertiary/aromatic N) is 2. The fourth-order valence-corrected chi connectivity index (χ4v) is 3.14. The zero-order valence-electron chi connectivity index (χ0n) is 10.4. The van der Waals surface area contributed by atoms with Gasteiger partial charge < -0.3 is 15.4 Å². The Balaban J connectivity index is 1.99. The van der Waals surface area contributed by atoms with Crippen LogP contribution in [0.2, 0.25) is 0 Å². The SMILES string of the molecule is CC1COC(CN)CN1c1nccc2sccc12. The molecule has 0 radical (unpaired) electrons. The Kier molecular flexibility index (Phi) is 3.20. The van der Waals surface area contributed by atoms with Crippen LogP contribution < -0.4 is 10.6 Å². The highest BCUT2D eigenvalue weighted by atomic mass is 32.1. The van der Waals surface area contributed by atoms with Gasteiger partial charge in [-0.2, -0.15) is 0 Å². The lowest BCUT2D eigenvalue weighted by Gasteiger charge is -2.38. The fraction of sp³-hybridized carbons (Fsp3) is 0.462. The Bertz CT molecular complexity index is 542. The van der Waals surface area contributed by atoms with E-state index in [0.717, 1.165) is 12.4 Å². The summed E-state index contributed by atoms with van der Waals surface area (Å²) in [5.74, 6) is 1.06. The average molecular weight is 263 g/mol. The lowest BCUT2D eigenvalue weighted by molar-refractivity contribution is 0.0281. The predicted octanol–water partition coefficient (Wildman–Crippen LogP) is 1.85. The summed E-state index contributed by atoms with van der Waals surface area (Å²) < 4.78 is 6.97. The number of hydrogen-bond acceptors (Lipinski definition) is 5. The van der Waals surface area contributed by atoms with E-state index >= 15 is 0 Å². The van der Waals surface area contributed by atoms with Crippen molar-refractivity contribution in [2.24, 2.45) is 5.73 Å². The van der Waals surface area contributed by atoms with Gasteiger partial charge in [-0.25, -0.2) is 4.98 Å². The maximum Gasteiger partial charge on any atom is 0.137 e. The van der Waals surface area contributed by atoms with Gasteiger partial charge in [0, 0.05) is 29.4 Å². The van der Waals surface area contributed by atoms with Crippen LogP contribution in [0.3, 0.4) is 0 Å². The Hall–Kier alpha value is -1.17. The number of hydrogen-bond donors (Lipinski definition) is 1. The van der Waals surface area contributed by atoms with Crippen molar-refractivity contribution in [3.63, 3.8) is 0 Å². The smallest absolute Gasteiger partial charge is 0.137 e. The molecule has 1 saturated heterocycles. The molecule has 2 aromatic heterocycles. The van der Waals surface area contributed by atoms with Crippen molar-refractivity contribution < 1.29 is 4.74 Å². The van der Waals surface area contributed by atoms with E-state index in [9.17, 15) is 0 Å². The van der Waals surface area contributed by atoms with Gasteiger partial charge in [-0.05, 0) is 24.4 Å². The number of ether oxygens (including phenoxy) is 1. The van der Waals surface area contributed by atoms with Crippen molar-refractivity contribution in [1.82, 2.24) is 4.98 Å². The lowest BCUT2D eigenvalue weighted by atomic mass is 10.1. The van der Waals surface area contributed by atoms with Gasteiger partial charge in [-0.1, -0.05) is 0 Å². The van der Waals surface area contributed by atoms with Crippen molar-refractivity contribution >= 4 is 27.2 Å². The highest BCUT2D eigenvalue weighted by Crippen LogP contribution is 2.30. The summed E-state index contributed by atoms with van der Waals surface area (Å²) in [5.41, 5.74) is 5.71. The van der Waals surface area contributed by atoms with Crippen LogP contribution in [-0.4, -0.2) is 36.8 Å². The van der Waals surface area contributed by atoms with Crippen LogP contribution in [0.25, 0.3) is 10.1 Å². The lowest BCUT2D eigenvalue weighted by Crippen LogP contribution is -2.51. The number of pyridine rings is 1. The number of rotatable bonds is 2. The normalized spacial score (nSPS) is 24.7. The summed E-state index contributed by atoms with van der Waals surface area (Å²) in [4.78, 5) is 6.87. The van der Waals surface area contributed by atoms with E-state index in [2.05, 4.69) is 34.3 Å². The molecule has 3 rings (SSSR count). The molecule has 18 heavy (non-hydrogen) atoms. The zero-order valence-corrected chi connectivity index (χ0v) is 11.2. The highest BCUT2D eigenvalue weighted by molar-refractivity contribution is 7.17. The summed E-state index contributed by atoms with van der Waals surface area (Å²) in [6.07, 6.45) is 1.99. The van der Waals surface area contributed by atoms with E-state index < -0.39 is 0 Å². The summed E-state index contributed by atoms with van der Waals surface area (Å²) in [6, 6.07) is 4.54. The van der Waals surface area contributed by atoms with Crippen molar-refractivity contribution in [2.75, 3.05) is 24.6 Å². The molecule has 2 N–H and O–H groups in total. The van der Waals surface area contributed by atoms with Crippen LogP contribution in [-0.2, 0) is 4.74 Å². The summed E-state index contributed by atoms with van der Waals surface area (Å²) in [5, 5.41) is 3.34. The van der Waals surface area contributed by atoms with Gasteiger partial charge in [0.1, 0.15) is 5.82 Å². The Labute approximate surface area is 110 Å². The van der Waals surface area contributed by atoms with Gasteiger partial charge in [0.25, 0.3) is 0 Å². The maximum absolute atomic E-state index is 5.71. The molecule has 0 amide bonds. The molecule has 1 aliphatic heterocycles. The monoisotopic (exact) mass is 263 g/mol. The number of nitrogens with two attached hydrogens (primary N) is 1. The first-order valence-corrected chi connectivity index (χ1v) is 7.08. The second kappa shape index (κ2) is 4.84. The molecule has 0 aliphatic carbocycles. The van der Waals surface area contributed by atoms with E-state index in [1.807, 2.05) is 6.20 Å². The average Bonchev–Trinajstić information content (AvgIpc) is 2.87. The van der Waals surface area contributed by atoms with Crippen LogP contribution in [0.15, 0.2) is 23.7 Å². The van der Waals surface area contributed by atoms with E-state index in [1.165, 1.54) is 10.1 Å². The predicted molar refractivity (Wildman–Crippen MR) is 75.2 cm³/mol. The minimum absolute atomic E-state index is 0.108. The number of fused-ring (bicyclic) bond motifs is 1. The summed E-state index contributed by atoms with van der Waals surface area (Å²) >= 11 is 1.75. The van der Waals surface area contributed by atoms with Crippen LogP contribution in [0.4, 0.5) is 5.82 Å². The van der Waals surface area contributed by atoms with Crippen molar-refractivity contribution in [3.8, 4) is 0 Å². The number of morpholine rings is 1. The van der Waals surface area contributed by atoms with Crippen LogP contribution >= 0.6 is 11.3 Å². The first-order chi connectivity index (χ1) is 8.79. The minimum Gasteiger partial charge on any atom is -0.373 e. The van der Waals surface area contributed by atoms with Crippen LogP contribution in [0, 0.1) is 0 Å². The van der Waals surface area contributed by atoms with Crippen LogP contribution in [0.5, 0.6) is 0 Å². The van der Waals surface area contributed by atoms with Gasteiger partial charge in [0.05, 0.1) is 18.8 Å². The molecule has 96 valence electrons. The minimum atomic E-state index is 0.108. The van der Waals surface area contributed by atoms with E-state index in [-0.39, 0.29) is 6.10 Å². The van der Waals surface area contributed by atoms with Crippen LogP contribution in [0.1, 0.15) is 6.92 Å². The van der Waals surface area contributed by atoms with Gasteiger partial charge >= 0.3 is 0 Å². The molecule has 2 atom stereocenters. The van der Waals surface area contributed by atoms with E-state index in [4.69, 9.17) is 10.5 Å². The topological polar surface area (TPSA) is 51.4 Å². The Morgan fingerprint density at radius 2 is 2.44 bits per heavy atom. The van der Waals surface area contributed by atoms with E-state index in [1.54, 1.807) is 11.3 Å². The molecule has 0 spiro atoms. The molecule has 3 heterocycles. The molecule has 2 aromatic rings. The third-order valence-corrected chi connectivity index (χ3v) is 4.28. The molecule has 5 heteroatoms. The summed E-state index contributed by atoms with van der Waals surface area (Å²) in [7, 11) is 0. The van der Waals surface area contributed by atoms with Crippen molar-refractivity contribution in [2.45, 2.75) is 19.1 Å². The second-order valence-corrected chi connectivity index (χ2v) is 5.61. The molecule has 0 aromatic carbocycles. The zero-order chi connectivity index (χ0) is 12.5. The van der Waals surface area contributed by atoms with Gasteiger partial charge in [-0.15, -0.1) is 11.3 Å². The maximum atomic E-state index is 5.71. The molecule has 4 nitrogen and oxygen atoms in total. The fourth-order valence-electron chi connectivity index (χ4n) is 2.36. The first kappa shape index (κ1) is 11.9. The highest BCUT2D eigenvalue weighted by Gasteiger charge is 2.27. The molecule has 1 aliphatic rings. The van der Waals surface area contributed by atoms with Gasteiger partial charge in [0.2, 0.25) is 0 Å². The molecule has 0 bridgehead atoms. The quantitative estimate of drug-likeness (QED) is 0.898. The molecule has 0 saturated carbocycles. The summed E-state index contributed by atoms with van der Waals surface area (Å²) in [6.45, 7) is 4.26. The standard InChI is InChI=1S/C13H17N3OS/c1-9-8-17-10(6-14)7-16(9)13-11-3-5-18-12(11)2-4-15-13/h2-5,9-10H,6-8,14H2,1H3.